The van der Waals surface area contributed by atoms with Crippen LogP contribution in [0.15, 0.2) is 31.0 Å². The topological polar surface area (TPSA) is 39.9 Å². The van der Waals surface area contributed by atoms with Gasteiger partial charge in [-0.3, -0.25) is 0 Å². The lowest BCUT2D eigenvalue weighted by atomic mass is 9.86. The van der Waals surface area contributed by atoms with Gasteiger partial charge in [-0.25, -0.2) is 0 Å². The van der Waals surface area contributed by atoms with Crippen LogP contribution in [0.5, 0.6) is 0 Å². The zero-order chi connectivity index (χ0) is 13.2. The minimum atomic E-state index is 0.610. The predicted octanol–water partition coefficient (Wildman–Crippen LogP) is 3.22. The van der Waals surface area contributed by atoms with Crippen molar-refractivity contribution < 1.29 is 0 Å². The molecule has 3 rings (SSSR count). The number of aromatic nitrogens is 1. The summed E-state index contributed by atoms with van der Waals surface area (Å²) in [5, 5.41) is 7.89. The van der Waals surface area contributed by atoms with Gasteiger partial charge in [0.25, 0.3) is 0 Å². The van der Waals surface area contributed by atoms with E-state index < -0.39 is 0 Å². The molecule has 0 saturated carbocycles. The van der Waals surface area contributed by atoms with E-state index in [1.54, 1.807) is 0 Å². The summed E-state index contributed by atoms with van der Waals surface area (Å²) in [5.41, 5.74) is 4.88. The predicted molar refractivity (Wildman–Crippen MR) is 82.5 cm³/mol. The zero-order valence-corrected chi connectivity index (χ0v) is 11.4. The molecule has 3 nitrogen and oxygen atoms in total. The van der Waals surface area contributed by atoms with Gasteiger partial charge in [0.15, 0.2) is 0 Å². The summed E-state index contributed by atoms with van der Waals surface area (Å²) >= 11 is 0. The van der Waals surface area contributed by atoms with Gasteiger partial charge in [0.05, 0.1) is 0 Å². The van der Waals surface area contributed by atoms with Crippen molar-refractivity contribution in [2.45, 2.75) is 12.8 Å². The van der Waals surface area contributed by atoms with E-state index in [2.05, 4.69) is 46.6 Å². The monoisotopic (exact) mass is 255 g/mol. The fourth-order valence-corrected chi connectivity index (χ4v) is 2.93. The highest BCUT2D eigenvalue weighted by Crippen LogP contribution is 2.33. The average molecular weight is 255 g/mol. The smallest absolute Gasteiger partial charge is 0.0461 e. The van der Waals surface area contributed by atoms with Crippen molar-refractivity contribution >= 4 is 22.2 Å². The standard InChI is InChI=1S/C16H21N3/c1-11(12-5-7-18-8-6-12)15-10-19-16-4-3-13(17-2)9-14(15)16/h3-4,9-10,12,17-19H,1,5-8H2,2H3. The van der Waals surface area contributed by atoms with Crippen molar-refractivity contribution in [2.24, 2.45) is 5.92 Å². The van der Waals surface area contributed by atoms with Gasteiger partial charge in [-0.05, 0) is 55.6 Å². The number of H-pyrrole nitrogens is 1. The number of benzene rings is 1. The molecule has 1 aromatic carbocycles. The van der Waals surface area contributed by atoms with Crippen LogP contribution in [0.4, 0.5) is 5.69 Å². The molecule has 1 fully saturated rings. The summed E-state index contributed by atoms with van der Waals surface area (Å²) in [6.45, 7) is 6.57. The second kappa shape index (κ2) is 5.10. The Morgan fingerprint density at radius 1 is 1.32 bits per heavy atom. The fourth-order valence-electron chi connectivity index (χ4n) is 2.93. The van der Waals surface area contributed by atoms with E-state index in [0.29, 0.717) is 5.92 Å². The molecule has 0 amide bonds. The Morgan fingerprint density at radius 2 is 2.11 bits per heavy atom. The van der Waals surface area contributed by atoms with Crippen LogP contribution < -0.4 is 10.6 Å². The zero-order valence-electron chi connectivity index (χ0n) is 11.4. The highest BCUT2D eigenvalue weighted by molar-refractivity contribution is 5.94. The number of hydrogen-bond donors (Lipinski definition) is 3. The van der Waals surface area contributed by atoms with E-state index >= 15 is 0 Å². The highest BCUT2D eigenvalue weighted by atomic mass is 14.9. The van der Waals surface area contributed by atoms with Crippen LogP contribution in [0.3, 0.4) is 0 Å². The second-order valence-electron chi connectivity index (χ2n) is 5.26. The molecule has 3 heteroatoms. The lowest BCUT2D eigenvalue weighted by Crippen LogP contribution is -2.28. The van der Waals surface area contributed by atoms with Crippen LogP contribution >= 0.6 is 0 Å². The number of nitrogens with one attached hydrogen (secondary N) is 3. The molecule has 0 aliphatic carbocycles. The largest absolute Gasteiger partial charge is 0.388 e. The van der Waals surface area contributed by atoms with Gasteiger partial charge in [-0.15, -0.1) is 0 Å². The highest BCUT2D eigenvalue weighted by Gasteiger charge is 2.19. The number of hydrogen-bond acceptors (Lipinski definition) is 2. The Labute approximate surface area is 114 Å². The number of fused-ring (bicyclic) bond motifs is 1. The maximum atomic E-state index is 4.36. The average Bonchev–Trinajstić information content (AvgIpc) is 2.90. The molecule has 0 atom stereocenters. The van der Waals surface area contributed by atoms with E-state index in [4.69, 9.17) is 0 Å². The Hall–Kier alpha value is -1.74. The summed E-state index contributed by atoms with van der Waals surface area (Å²) in [6.07, 6.45) is 4.49. The van der Waals surface area contributed by atoms with E-state index in [-0.39, 0.29) is 0 Å². The van der Waals surface area contributed by atoms with Crippen molar-refractivity contribution in [3.63, 3.8) is 0 Å². The SMILES string of the molecule is C=C(c1c[nH]c2ccc(NC)cc12)C1CCNCC1. The maximum absolute atomic E-state index is 4.36. The molecule has 1 saturated heterocycles. The first kappa shape index (κ1) is 12.3. The van der Waals surface area contributed by atoms with E-state index in [1.807, 2.05) is 7.05 Å². The maximum Gasteiger partial charge on any atom is 0.0461 e. The quantitative estimate of drug-likeness (QED) is 0.788. The van der Waals surface area contributed by atoms with E-state index in [0.717, 1.165) is 18.8 Å². The number of piperidine rings is 1. The molecule has 0 radical (unpaired) electrons. The van der Waals surface area contributed by atoms with Gasteiger partial charge in [-0.1, -0.05) is 6.58 Å². The lowest BCUT2D eigenvalue weighted by molar-refractivity contribution is 0.447. The van der Waals surface area contributed by atoms with Crippen molar-refractivity contribution in [1.82, 2.24) is 10.3 Å². The lowest BCUT2D eigenvalue weighted by Gasteiger charge is -2.24. The van der Waals surface area contributed by atoms with Gasteiger partial charge in [-0.2, -0.15) is 0 Å². The molecule has 1 aromatic heterocycles. The van der Waals surface area contributed by atoms with Crippen LogP contribution in [-0.2, 0) is 0 Å². The number of anilines is 1. The summed E-state index contributed by atoms with van der Waals surface area (Å²) in [4.78, 5) is 3.36. The van der Waals surface area contributed by atoms with Gasteiger partial charge < -0.3 is 15.6 Å². The molecule has 19 heavy (non-hydrogen) atoms. The summed E-state index contributed by atoms with van der Waals surface area (Å²) < 4.78 is 0. The van der Waals surface area contributed by atoms with Crippen LogP contribution in [-0.4, -0.2) is 25.1 Å². The molecule has 1 aliphatic rings. The van der Waals surface area contributed by atoms with E-state index in [1.165, 1.54) is 34.9 Å². The Bertz CT molecular complexity index is 591. The molecule has 1 aliphatic heterocycles. The Balaban J connectivity index is 1.97. The molecule has 0 spiro atoms. The van der Waals surface area contributed by atoms with Crippen molar-refractivity contribution in [1.29, 1.82) is 0 Å². The minimum absolute atomic E-state index is 0.610. The van der Waals surface area contributed by atoms with Gasteiger partial charge in [0, 0.05) is 35.4 Å². The van der Waals surface area contributed by atoms with Gasteiger partial charge in [0.1, 0.15) is 0 Å². The summed E-state index contributed by atoms with van der Waals surface area (Å²) in [5.74, 6) is 0.610. The Kier molecular flexibility index (Phi) is 3.30. The van der Waals surface area contributed by atoms with Crippen LogP contribution in [0, 0.1) is 5.92 Å². The molecule has 100 valence electrons. The summed E-state index contributed by atoms with van der Waals surface area (Å²) in [7, 11) is 1.95. The second-order valence-corrected chi connectivity index (χ2v) is 5.26. The van der Waals surface area contributed by atoms with Crippen molar-refractivity contribution in [3.05, 3.63) is 36.5 Å². The van der Waals surface area contributed by atoms with Crippen molar-refractivity contribution in [2.75, 3.05) is 25.5 Å². The van der Waals surface area contributed by atoms with Gasteiger partial charge in [0.2, 0.25) is 0 Å². The fraction of sp³-hybridized carbons (Fsp3) is 0.375. The molecule has 2 aromatic rings. The van der Waals surface area contributed by atoms with Gasteiger partial charge >= 0.3 is 0 Å². The van der Waals surface area contributed by atoms with Crippen LogP contribution in [0.2, 0.25) is 0 Å². The number of rotatable bonds is 3. The molecular weight excluding hydrogens is 234 g/mol. The third kappa shape index (κ3) is 2.26. The molecule has 0 bridgehead atoms. The third-order valence-electron chi connectivity index (χ3n) is 4.15. The molecule has 2 heterocycles. The number of allylic oxidation sites excluding steroid dienone is 1. The Morgan fingerprint density at radius 3 is 2.84 bits per heavy atom. The molecular formula is C16H21N3. The van der Waals surface area contributed by atoms with Crippen LogP contribution in [0.1, 0.15) is 18.4 Å². The van der Waals surface area contributed by atoms with Crippen molar-refractivity contribution in [3.8, 4) is 0 Å². The first-order valence-corrected chi connectivity index (χ1v) is 6.98. The first-order valence-electron chi connectivity index (χ1n) is 6.98. The third-order valence-corrected chi connectivity index (χ3v) is 4.15. The first-order chi connectivity index (χ1) is 9.29. The van der Waals surface area contributed by atoms with Crippen LogP contribution in [0.25, 0.3) is 16.5 Å². The van der Waals surface area contributed by atoms with E-state index in [9.17, 15) is 0 Å². The normalized spacial score (nSPS) is 16.7. The molecule has 0 unspecified atom stereocenters. The summed E-state index contributed by atoms with van der Waals surface area (Å²) in [6, 6.07) is 6.42. The molecule has 3 N–H and O–H groups in total. The number of aromatic amines is 1. The minimum Gasteiger partial charge on any atom is -0.388 e.